The third kappa shape index (κ3) is 43.8. The van der Waals surface area contributed by atoms with Crippen molar-refractivity contribution in [1.29, 1.82) is 0 Å². The number of hydrogen-bond donors (Lipinski definition) is 0. The fourth-order valence-electron chi connectivity index (χ4n) is 6.43. The summed E-state index contributed by atoms with van der Waals surface area (Å²) in [6, 6.07) is 0. The SMILES string of the molecule is CCCCCCC/C=C\C/C=C\C/C=C\CCCCCCCCCCC(=O)OC(COC(=O)CCCCCCCCCCCCC)COP(=O)([O-])OCC[N+](C)(C)C. The van der Waals surface area contributed by atoms with Crippen LogP contribution in [0.1, 0.15) is 206 Å². The van der Waals surface area contributed by atoms with Gasteiger partial charge < -0.3 is 27.9 Å². The number of ether oxygens (including phenoxy) is 2. The lowest BCUT2D eigenvalue weighted by atomic mass is 10.1. The smallest absolute Gasteiger partial charge is 0.306 e. The predicted molar refractivity (Wildman–Crippen MR) is 241 cm³/mol. The molecule has 0 saturated carbocycles. The number of rotatable bonds is 43. The summed E-state index contributed by atoms with van der Waals surface area (Å²) in [7, 11) is 1.16. The number of phosphoric ester groups is 1. The van der Waals surface area contributed by atoms with Crippen LogP contribution < -0.4 is 4.89 Å². The second-order valence-corrected chi connectivity index (χ2v) is 18.5. The van der Waals surface area contributed by atoms with Crippen LogP contribution in [0.2, 0.25) is 0 Å². The molecule has 0 spiro atoms. The Hall–Kier alpha value is -1.77. The summed E-state index contributed by atoms with van der Waals surface area (Å²) in [5.74, 6) is -0.839. The van der Waals surface area contributed by atoms with E-state index in [9.17, 15) is 19.0 Å². The van der Waals surface area contributed by atoms with Crippen LogP contribution in [0, 0.1) is 0 Å². The van der Waals surface area contributed by atoms with Gasteiger partial charge in [-0.15, -0.1) is 0 Å². The maximum atomic E-state index is 12.7. The highest BCUT2D eigenvalue weighted by atomic mass is 31.2. The molecule has 0 aromatic rings. The van der Waals surface area contributed by atoms with Gasteiger partial charge in [-0.25, -0.2) is 0 Å². The van der Waals surface area contributed by atoms with E-state index in [0.29, 0.717) is 17.4 Å². The largest absolute Gasteiger partial charge is 0.756 e. The Bertz CT molecular complexity index is 1090. The number of likely N-dealkylation sites (N-methyl/N-ethyl adjacent to an activating group) is 1. The Morgan fingerprint density at radius 2 is 0.931 bits per heavy atom. The van der Waals surface area contributed by atoms with Crippen LogP contribution in [0.25, 0.3) is 0 Å². The van der Waals surface area contributed by atoms with Gasteiger partial charge >= 0.3 is 11.9 Å². The normalized spacial score (nSPS) is 13.8. The molecule has 340 valence electrons. The van der Waals surface area contributed by atoms with Crippen LogP contribution in [-0.4, -0.2) is 70.0 Å². The van der Waals surface area contributed by atoms with Gasteiger partial charge in [-0.1, -0.05) is 179 Å². The third-order valence-corrected chi connectivity index (χ3v) is 11.1. The van der Waals surface area contributed by atoms with E-state index in [4.69, 9.17) is 18.5 Å². The molecule has 0 aliphatic heterocycles. The first kappa shape index (κ1) is 56.2. The number of nitrogens with zero attached hydrogens (tertiary/aromatic N) is 1. The molecule has 0 aromatic carbocycles. The standard InChI is InChI=1S/C48H90NO8P/c1-6-8-10-12-14-16-18-19-20-21-22-23-24-25-26-27-28-29-31-33-35-37-39-41-48(51)57-46(45-56-58(52,53)55-43-42-49(3,4)5)44-54-47(50)40-38-36-34-32-30-17-15-13-11-9-7-2/h18-19,21-22,24-25,46H,6-17,20,23,26-45H2,1-5H3/b19-18-,22-21-,25-24-. The van der Waals surface area contributed by atoms with Crippen LogP contribution in [0.15, 0.2) is 36.5 Å². The van der Waals surface area contributed by atoms with Crippen LogP contribution in [-0.2, 0) is 32.7 Å². The minimum absolute atomic E-state index is 0.0317. The van der Waals surface area contributed by atoms with E-state index in [2.05, 4.69) is 50.3 Å². The molecule has 10 heteroatoms. The zero-order valence-corrected chi connectivity index (χ0v) is 39.1. The average Bonchev–Trinajstić information content (AvgIpc) is 3.17. The van der Waals surface area contributed by atoms with Gasteiger partial charge in [0, 0.05) is 12.8 Å². The number of phosphoric acid groups is 1. The molecule has 0 amide bonds. The number of allylic oxidation sites excluding steroid dienone is 6. The van der Waals surface area contributed by atoms with Crippen molar-refractivity contribution < 1.29 is 42.1 Å². The van der Waals surface area contributed by atoms with Gasteiger partial charge in [0.25, 0.3) is 7.82 Å². The summed E-state index contributed by atoms with van der Waals surface area (Å²) >= 11 is 0. The quantitative estimate of drug-likeness (QED) is 0.0196. The molecule has 2 unspecified atom stereocenters. The molecule has 0 aliphatic rings. The fourth-order valence-corrected chi connectivity index (χ4v) is 7.16. The Balaban J connectivity index is 4.26. The highest BCUT2D eigenvalue weighted by molar-refractivity contribution is 7.45. The van der Waals surface area contributed by atoms with Crippen molar-refractivity contribution >= 4 is 19.8 Å². The monoisotopic (exact) mass is 840 g/mol. The lowest BCUT2D eigenvalue weighted by Gasteiger charge is -2.28. The second-order valence-electron chi connectivity index (χ2n) is 17.1. The summed E-state index contributed by atoms with van der Waals surface area (Å²) in [5.41, 5.74) is 0. The van der Waals surface area contributed by atoms with Gasteiger partial charge in [0.2, 0.25) is 0 Å². The Morgan fingerprint density at radius 1 is 0.534 bits per heavy atom. The molecule has 0 aliphatic carbocycles. The molecule has 9 nitrogen and oxygen atoms in total. The summed E-state index contributed by atoms with van der Waals surface area (Å²) in [4.78, 5) is 37.5. The van der Waals surface area contributed by atoms with E-state index in [0.717, 1.165) is 57.8 Å². The number of esters is 2. The van der Waals surface area contributed by atoms with Crippen molar-refractivity contribution in [2.75, 3.05) is 47.5 Å². The fraction of sp³-hybridized carbons (Fsp3) is 0.833. The summed E-state index contributed by atoms with van der Waals surface area (Å²) in [6.45, 7) is 4.21. The van der Waals surface area contributed by atoms with Gasteiger partial charge in [-0.05, 0) is 51.4 Å². The molecule has 0 radical (unpaired) electrons. The second kappa shape index (κ2) is 40.6. The zero-order chi connectivity index (χ0) is 42.8. The molecule has 0 heterocycles. The number of hydrogen-bond acceptors (Lipinski definition) is 8. The van der Waals surface area contributed by atoms with Gasteiger partial charge in [0.15, 0.2) is 6.10 Å². The van der Waals surface area contributed by atoms with Crippen molar-refractivity contribution in [3.05, 3.63) is 36.5 Å². The van der Waals surface area contributed by atoms with Gasteiger partial charge in [-0.2, -0.15) is 0 Å². The van der Waals surface area contributed by atoms with E-state index in [1.54, 1.807) is 0 Å². The predicted octanol–water partition coefficient (Wildman–Crippen LogP) is 13.1. The molecular weight excluding hydrogens is 750 g/mol. The molecule has 0 N–H and O–H groups in total. The van der Waals surface area contributed by atoms with Crippen molar-refractivity contribution in [2.45, 2.75) is 213 Å². The topological polar surface area (TPSA) is 111 Å². The van der Waals surface area contributed by atoms with Gasteiger partial charge in [0.05, 0.1) is 27.7 Å². The van der Waals surface area contributed by atoms with Crippen molar-refractivity contribution in [3.63, 3.8) is 0 Å². The summed E-state index contributed by atoms with van der Waals surface area (Å²) < 4.78 is 33.9. The van der Waals surface area contributed by atoms with E-state index in [-0.39, 0.29) is 32.0 Å². The Labute approximate surface area is 357 Å². The Morgan fingerprint density at radius 3 is 1.38 bits per heavy atom. The molecule has 0 saturated heterocycles. The highest BCUT2D eigenvalue weighted by Crippen LogP contribution is 2.38. The molecule has 0 fully saturated rings. The molecule has 2 atom stereocenters. The van der Waals surface area contributed by atoms with Crippen LogP contribution in [0.5, 0.6) is 0 Å². The molecule has 0 aromatic heterocycles. The molecule has 0 bridgehead atoms. The number of quaternary nitrogens is 1. The van der Waals surface area contributed by atoms with Gasteiger partial charge in [0.1, 0.15) is 19.8 Å². The highest BCUT2D eigenvalue weighted by Gasteiger charge is 2.21. The van der Waals surface area contributed by atoms with Crippen LogP contribution >= 0.6 is 7.82 Å². The molecule has 58 heavy (non-hydrogen) atoms. The lowest BCUT2D eigenvalue weighted by molar-refractivity contribution is -0.870. The van der Waals surface area contributed by atoms with E-state index in [1.807, 2.05) is 21.1 Å². The maximum absolute atomic E-state index is 12.7. The number of carbonyl (C=O) groups is 2. The minimum atomic E-state index is -4.62. The zero-order valence-electron chi connectivity index (χ0n) is 38.2. The first-order valence-corrected chi connectivity index (χ1v) is 25.2. The van der Waals surface area contributed by atoms with Crippen molar-refractivity contribution in [3.8, 4) is 0 Å². The van der Waals surface area contributed by atoms with E-state index < -0.39 is 26.5 Å². The number of unbranched alkanes of at least 4 members (excludes halogenated alkanes) is 23. The summed E-state index contributed by atoms with van der Waals surface area (Å²) in [5, 5.41) is 0. The van der Waals surface area contributed by atoms with Crippen molar-refractivity contribution in [1.82, 2.24) is 0 Å². The van der Waals surface area contributed by atoms with Crippen LogP contribution in [0.3, 0.4) is 0 Å². The van der Waals surface area contributed by atoms with Crippen LogP contribution in [0.4, 0.5) is 0 Å². The first-order chi connectivity index (χ1) is 28.0. The Kier molecular flexibility index (Phi) is 39.4. The van der Waals surface area contributed by atoms with Gasteiger partial charge in [-0.3, -0.25) is 14.2 Å². The number of carbonyl (C=O) groups excluding carboxylic acids is 2. The average molecular weight is 840 g/mol. The first-order valence-electron chi connectivity index (χ1n) is 23.7. The minimum Gasteiger partial charge on any atom is -0.756 e. The maximum Gasteiger partial charge on any atom is 0.306 e. The lowest BCUT2D eigenvalue weighted by Crippen LogP contribution is -2.37. The van der Waals surface area contributed by atoms with E-state index in [1.165, 1.54) is 116 Å². The molecular formula is C48H90NO8P. The van der Waals surface area contributed by atoms with Crippen molar-refractivity contribution in [2.24, 2.45) is 0 Å². The summed E-state index contributed by atoms with van der Waals surface area (Å²) in [6.07, 6.45) is 46.0. The molecule has 0 rings (SSSR count). The van der Waals surface area contributed by atoms with E-state index >= 15 is 0 Å². The third-order valence-electron chi connectivity index (χ3n) is 10.2.